The number of anilines is 1. The Hall–Kier alpha value is -5.52. The second-order valence-electron chi connectivity index (χ2n) is 9.14. The van der Waals surface area contributed by atoms with Crippen molar-refractivity contribution in [1.82, 2.24) is 10.6 Å². The topological polar surface area (TPSA) is 164 Å². The monoisotopic (exact) mass is 556 g/mol. The van der Waals surface area contributed by atoms with Crippen molar-refractivity contribution < 1.29 is 38.6 Å². The van der Waals surface area contributed by atoms with Gasteiger partial charge in [-0.2, -0.15) is 0 Å². The molecule has 0 fully saturated rings. The lowest BCUT2D eigenvalue weighted by atomic mass is 10.0. The van der Waals surface area contributed by atoms with Crippen LogP contribution in [0.25, 0.3) is 0 Å². The van der Waals surface area contributed by atoms with E-state index in [1.54, 1.807) is 54.6 Å². The number of carbonyl (C=O) groups is 5. The van der Waals surface area contributed by atoms with Crippen molar-refractivity contribution in [2.45, 2.75) is 18.6 Å². The Morgan fingerprint density at radius 1 is 1.02 bits per heavy atom. The van der Waals surface area contributed by atoms with Crippen molar-refractivity contribution in [2.75, 3.05) is 18.2 Å². The highest BCUT2D eigenvalue weighted by molar-refractivity contribution is 6.21. The van der Waals surface area contributed by atoms with Crippen LogP contribution in [0.4, 0.5) is 5.69 Å². The predicted octanol–water partition coefficient (Wildman–Crippen LogP) is 1.51. The highest BCUT2D eigenvalue weighted by Gasteiger charge is 2.35. The molecule has 2 aliphatic rings. The molecule has 3 aromatic rings. The Morgan fingerprint density at radius 2 is 1.76 bits per heavy atom. The lowest BCUT2D eigenvalue weighted by molar-refractivity contribution is -0.138. The van der Waals surface area contributed by atoms with Crippen LogP contribution in [0.2, 0.25) is 0 Å². The number of aliphatic imine (C=N–C) groups is 1. The number of aldehydes is 1. The van der Waals surface area contributed by atoms with E-state index in [0.717, 1.165) is 4.90 Å². The lowest BCUT2D eigenvalue weighted by Crippen LogP contribution is -2.51. The van der Waals surface area contributed by atoms with E-state index in [2.05, 4.69) is 15.6 Å². The molecule has 0 bridgehead atoms. The highest BCUT2D eigenvalue weighted by Crippen LogP contribution is 2.33. The first-order valence-corrected chi connectivity index (χ1v) is 12.5. The van der Waals surface area contributed by atoms with Crippen LogP contribution in [0, 0.1) is 0 Å². The fourth-order valence-corrected chi connectivity index (χ4v) is 4.48. The number of carboxylic acid groups (broad SMARTS) is 1. The van der Waals surface area contributed by atoms with Crippen molar-refractivity contribution in [3.05, 3.63) is 89.5 Å². The minimum Gasteiger partial charge on any atom is -0.481 e. The molecule has 1 unspecified atom stereocenters. The summed E-state index contributed by atoms with van der Waals surface area (Å²) in [6, 6.07) is 19.2. The molecule has 12 nitrogen and oxygen atoms in total. The molecule has 0 aliphatic carbocycles. The van der Waals surface area contributed by atoms with Gasteiger partial charge in [0.1, 0.15) is 12.8 Å². The van der Waals surface area contributed by atoms with Crippen LogP contribution >= 0.6 is 0 Å². The molecule has 12 heteroatoms. The minimum absolute atomic E-state index is 0.0267. The molecular weight excluding hydrogens is 532 g/mol. The van der Waals surface area contributed by atoms with Gasteiger partial charge in [0, 0.05) is 16.7 Å². The maximum Gasteiger partial charge on any atom is 0.305 e. The quantitative estimate of drug-likeness (QED) is 0.334. The van der Waals surface area contributed by atoms with Gasteiger partial charge in [0.05, 0.1) is 23.9 Å². The summed E-state index contributed by atoms with van der Waals surface area (Å²) in [5, 5.41) is 14.0. The normalized spacial score (nSPS) is 16.1. The molecule has 208 valence electrons. The van der Waals surface area contributed by atoms with E-state index in [1.807, 2.05) is 6.07 Å². The molecule has 2 heterocycles. The van der Waals surface area contributed by atoms with Crippen LogP contribution in [0.1, 0.15) is 27.9 Å². The molecule has 3 amide bonds. The smallest absolute Gasteiger partial charge is 0.305 e. The minimum atomic E-state index is -1.44. The molecule has 0 saturated carbocycles. The number of hydrogen-bond donors (Lipinski definition) is 3. The summed E-state index contributed by atoms with van der Waals surface area (Å²) in [6.45, 7) is -0.535. The first kappa shape index (κ1) is 27.1. The standard InChI is InChI=1S/C29H24N4O8/c34-15-19(13-25(36)37)30-24(35)14-33-21-9-5-4-8-20(21)26(17-6-2-1-3-7-17)31-27(29(33)39)32-28(38)18-10-11-22-23(12-18)41-16-40-22/h1-12,15,19,27H,13-14,16H2,(H,30,35)(H,32,38)(H,36,37)/t19-,27?/m0/s1. The first-order valence-electron chi connectivity index (χ1n) is 12.5. The Kier molecular flexibility index (Phi) is 7.72. The Labute approximate surface area is 233 Å². The van der Waals surface area contributed by atoms with E-state index in [4.69, 9.17) is 14.6 Å². The van der Waals surface area contributed by atoms with Gasteiger partial charge in [0.2, 0.25) is 18.9 Å². The number of hydrogen-bond acceptors (Lipinski definition) is 8. The fraction of sp³-hybridized carbons (Fsp3) is 0.172. The third kappa shape index (κ3) is 5.91. The third-order valence-corrected chi connectivity index (χ3v) is 6.36. The molecule has 0 radical (unpaired) electrons. The molecule has 5 rings (SSSR count). The van der Waals surface area contributed by atoms with Gasteiger partial charge in [-0.1, -0.05) is 48.5 Å². The van der Waals surface area contributed by atoms with Crippen LogP contribution in [-0.2, 0) is 19.2 Å². The lowest BCUT2D eigenvalue weighted by Gasteiger charge is -2.25. The SMILES string of the molecule is O=C[C@H](CC(=O)O)NC(=O)CN1C(=O)C(NC(=O)c2ccc3c(c2)OCO3)N=C(c2ccccc2)c2ccccc21. The van der Waals surface area contributed by atoms with E-state index in [-0.39, 0.29) is 12.4 Å². The van der Waals surface area contributed by atoms with E-state index in [1.165, 1.54) is 12.1 Å². The number of nitrogens with one attached hydrogen (secondary N) is 2. The number of benzodiazepines with no additional fused rings is 1. The van der Waals surface area contributed by atoms with Crippen LogP contribution in [0.3, 0.4) is 0 Å². The summed E-state index contributed by atoms with van der Waals surface area (Å²) in [6.07, 6.45) is -1.74. The number of benzene rings is 3. The van der Waals surface area contributed by atoms with Crippen molar-refractivity contribution in [3.8, 4) is 11.5 Å². The van der Waals surface area contributed by atoms with Crippen LogP contribution in [0.5, 0.6) is 11.5 Å². The number of nitrogens with zero attached hydrogens (tertiary/aromatic N) is 2. The summed E-state index contributed by atoms with van der Waals surface area (Å²) in [4.78, 5) is 68.3. The molecule has 3 aromatic carbocycles. The number of para-hydroxylation sites is 1. The molecule has 3 N–H and O–H groups in total. The van der Waals surface area contributed by atoms with Gasteiger partial charge in [-0.05, 0) is 24.3 Å². The number of carboxylic acids is 1. The molecule has 0 saturated heterocycles. The number of rotatable bonds is 9. The third-order valence-electron chi connectivity index (χ3n) is 6.36. The molecule has 0 aromatic heterocycles. The van der Waals surface area contributed by atoms with Crippen molar-refractivity contribution in [3.63, 3.8) is 0 Å². The molecule has 0 spiro atoms. The van der Waals surface area contributed by atoms with E-state index in [0.29, 0.717) is 40.3 Å². The average Bonchev–Trinajstić information content (AvgIpc) is 3.42. The summed E-state index contributed by atoms with van der Waals surface area (Å²) in [5.74, 6) is -2.50. The van der Waals surface area contributed by atoms with E-state index >= 15 is 0 Å². The summed E-state index contributed by atoms with van der Waals surface area (Å²) >= 11 is 0. The molecule has 2 aliphatic heterocycles. The zero-order valence-corrected chi connectivity index (χ0v) is 21.5. The Balaban J connectivity index is 1.51. The van der Waals surface area contributed by atoms with Crippen LogP contribution in [-0.4, -0.2) is 66.3 Å². The Morgan fingerprint density at radius 3 is 2.51 bits per heavy atom. The van der Waals surface area contributed by atoms with Gasteiger partial charge in [-0.15, -0.1) is 0 Å². The Bertz CT molecular complexity index is 1560. The molecule has 2 atom stereocenters. The van der Waals surface area contributed by atoms with E-state index < -0.39 is 48.9 Å². The van der Waals surface area contributed by atoms with Crippen molar-refractivity contribution in [2.24, 2.45) is 4.99 Å². The second-order valence-corrected chi connectivity index (χ2v) is 9.14. The van der Waals surface area contributed by atoms with Gasteiger partial charge < -0.3 is 30.0 Å². The van der Waals surface area contributed by atoms with Gasteiger partial charge in [-0.25, -0.2) is 4.99 Å². The number of carbonyl (C=O) groups excluding carboxylic acids is 4. The number of fused-ring (bicyclic) bond motifs is 2. The fourth-order valence-electron chi connectivity index (χ4n) is 4.48. The number of amides is 3. The number of ether oxygens (including phenoxy) is 2. The summed E-state index contributed by atoms with van der Waals surface area (Å²) < 4.78 is 10.6. The van der Waals surface area contributed by atoms with Crippen LogP contribution in [0.15, 0.2) is 77.8 Å². The largest absolute Gasteiger partial charge is 0.481 e. The maximum absolute atomic E-state index is 13.9. The van der Waals surface area contributed by atoms with E-state index in [9.17, 15) is 24.0 Å². The highest BCUT2D eigenvalue weighted by atomic mass is 16.7. The zero-order valence-electron chi connectivity index (χ0n) is 21.5. The second kappa shape index (κ2) is 11.7. The number of aliphatic carboxylic acids is 1. The van der Waals surface area contributed by atoms with Gasteiger partial charge in [0.25, 0.3) is 11.8 Å². The maximum atomic E-state index is 13.9. The predicted molar refractivity (Wildman–Crippen MR) is 145 cm³/mol. The van der Waals surface area contributed by atoms with Crippen LogP contribution < -0.4 is 25.0 Å². The average molecular weight is 557 g/mol. The summed E-state index contributed by atoms with van der Waals surface area (Å²) in [5.41, 5.74) is 2.15. The van der Waals surface area contributed by atoms with Gasteiger partial charge in [0.15, 0.2) is 11.5 Å². The van der Waals surface area contributed by atoms with Gasteiger partial charge >= 0.3 is 5.97 Å². The van der Waals surface area contributed by atoms with Gasteiger partial charge in [-0.3, -0.25) is 24.1 Å². The van der Waals surface area contributed by atoms with Crippen molar-refractivity contribution in [1.29, 1.82) is 0 Å². The molecule has 41 heavy (non-hydrogen) atoms. The van der Waals surface area contributed by atoms with Crippen molar-refractivity contribution >= 4 is 41.4 Å². The zero-order chi connectivity index (χ0) is 28.9. The molecular formula is C29H24N4O8. The summed E-state index contributed by atoms with van der Waals surface area (Å²) in [7, 11) is 0. The first-order chi connectivity index (χ1) is 19.8.